The molecule has 152 valence electrons. The summed E-state index contributed by atoms with van der Waals surface area (Å²) < 4.78 is 0. The Morgan fingerprint density at radius 2 is 1.65 bits per heavy atom. The van der Waals surface area contributed by atoms with Gasteiger partial charge < -0.3 is 27.2 Å². The molecule has 0 heterocycles. The molecule has 0 spiro atoms. The van der Waals surface area contributed by atoms with Gasteiger partial charge in [-0.1, -0.05) is 13.8 Å². The quantitative estimate of drug-likeness (QED) is 0.268. The molecule has 0 aromatic heterocycles. The topological polar surface area (TPSA) is 148 Å². The van der Waals surface area contributed by atoms with Gasteiger partial charge in [-0.15, -0.1) is 0 Å². The van der Waals surface area contributed by atoms with Crippen molar-refractivity contribution >= 4 is 29.5 Å². The smallest absolute Gasteiger partial charge is 0.326 e. The Labute approximate surface area is 160 Å². The number of unbranched alkanes of at least 4 members (excludes halogenated alkanes) is 1. The lowest BCUT2D eigenvalue weighted by molar-refractivity contribution is -0.142. The lowest BCUT2D eigenvalue weighted by atomic mass is 10.0. The second-order valence-corrected chi connectivity index (χ2v) is 7.75. The zero-order valence-electron chi connectivity index (χ0n) is 16.0. The minimum Gasteiger partial charge on any atom is -0.480 e. The summed E-state index contributed by atoms with van der Waals surface area (Å²) in [5, 5.41) is 14.5. The summed E-state index contributed by atoms with van der Waals surface area (Å²) in [4.78, 5) is 36.1. The van der Waals surface area contributed by atoms with Gasteiger partial charge in [-0.05, 0) is 56.6 Å². The fourth-order valence-corrected chi connectivity index (χ4v) is 2.87. The highest BCUT2D eigenvalue weighted by molar-refractivity contribution is 7.98. The van der Waals surface area contributed by atoms with Crippen molar-refractivity contribution in [1.82, 2.24) is 10.6 Å². The molecule has 0 aromatic carbocycles. The van der Waals surface area contributed by atoms with Crippen LogP contribution in [0.3, 0.4) is 0 Å². The molecular formula is C17H34N4O4S. The average molecular weight is 391 g/mol. The highest BCUT2D eigenvalue weighted by Crippen LogP contribution is 2.08. The van der Waals surface area contributed by atoms with E-state index < -0.39 is 35.9 Å². The van der Waals surface area contributed by atoms with E-state index in [-0.39, 0.29) is 5.92 Å². The predicted molar refractivity (Wildman–Crippen MR) is 105 cm³/mol. The van der Waals surface area contributed by atoms with Gasteiger partial charge in [0.15, 0.2) is 0 Å². The van der Waals surface area contributed by atoms with Gasteiger partial charge in [0.05, 0.1) is 6.04 Å². The van der Waals surface area contributed by atoms with Crippen LogP contribution in [0.15, 0.2) is 0 Å². The Balaban J connectivity index is 4.89. The molecule has 0 bridgehead atoms. The number of aliphatic carboxylic acids is 1. The van der Waals surface area contributed by atoms with Crippen molar-refractivity contribution in [3.63, 3.8) is 0 Å². The molecular weight excluding hydrogens is 356 g/mol. The first kappa shape index (κ1) is 24.7. The SMILES string of the molecule is CSCCC(N)C(=O)NC(CC(C)C)C(=O)NC(CCCCN)C(=O)O. The summed E-state index contributed by atoms with van der Waals surface area (Å²) in [6, 6.07) is -2.49. The minimum atomic E-state index is -1.10. The molecule has 7 N–H and O–H groups in total. The number of nitrogens with one attached hydrogen (secondary N) is 2. The summed E-state index contributed by atoms with van der Waals surface area (Å²) >= 11 is 1.59. The van der Waals surface area contributed by atoms with Gasteiger partial charge in [0, 0.05) is 0 Å². The standard InChI is InChI=1S/C17H34N4O4S/c1-11(2)10-14(21-15(22)12(19)7-9-26-3)16(23)20-13(17(24)25)6-4-5-8-18/h11-14H,4-10,18-19H2,1-3H3,(H,20,23)(H,21,22)(H,24,25). The van der Waals surface area contributed by atoms with Crippen LogP contribution in [0.2, 0.25) is 0 Å². The van der Waals surface area contributed by atoms with Gasteiger partial charge in [-0.25, -0.2) is 4.79 Å². The maximum absolute atomic E-state index is 12.5. The van der Waals surface area contributed by atoms with E-state index in [2.05, 4.69) is 10.6 Å². The van der Waals surface area contributed by atoms with Crippen LogP contribution in [-0.4, -0.2) is 59.6 Å². The molecule has 2 amide bonds. The number of hydrogen-bond acceptors (Lipinski definition) is 6. The van der Waals surface area contributed by atoms with E-state index in [4.69, 9.17) is 11.5 Å². The molecule has 8 nitrogen and oxygen atoms in total. The Morgan fingerprint density at radius 3 is 2.15 bits per heavy atom. The summed E-state index contributed by atoms with van der Waals surface area (Å²) in [7, 11) is 0. The molecule has 0 saturated heterocycles. The van der Waals surface area contributed by atoms with E-state index in [1.54, 1.807) is 11.8 Å². The molecule has 3 unspecified atom stereocenters. The Bertz CT molecular complexity index is 448. The Hall–Kier alpha value is -1.32. The number of carboxylic acid groups (broad SMARTS) is 1. The number of amides is 2. The van der Waals surface area contributed by atoms with Crippen molar-refractivity contribution < 1.29 is 19.5 Å². The van der Waals surface area contributed by atoms with Crippen molar-refractivity contribution in [2.45, 2.75) is 64.1 Å². The number of thioether (sulfide) groups is 1. The van der Waals surface area contributed by atoms with Crippen LogP contribution in [0, 0.1) is 5.92 Å². The molecule has 0 rings (SSSR count). The molecule has 9 heteroatoms. The molecule has 0 aliphatic rings. The number of hydrogen-bond donors (Lipinski definition) is 5. The molecule has 0 saturated carbocycles. The van der Waals surface area contributed by atoms with Gasteiger partial charge in [0.2, 0.25) is 11.8 Å². The number of carboxylic acids is 1. The predicted octanol–water partition coefficient (Wildman–Crippen LogP) is 0.296. The van der Waals surface area contributed by atoms with Crippen molar-refractivity contribution in [3.05, 3.63) is 0 Å². The number of carbonyl (C=O) groups is 3. The third kappa shape index (κ3) is 10.6. The minimum absolute atomic E-state index is 0.147. The van der Waals surface area contributed by atoms with Crippen LogP contribution in [0.25, 0.3) is 0 Å². The summed E-state index contributed by atoms with van der Waals surface area (Å²) in [6.45, 7) is 4.33. The number of carbonyl (C=O) groups excluding carboxylic acids is 2. The average Bonchev–Trinajstić information content (AvgIpc) is 2.57. The normalized spacial score (nSPS) is 14.5. The maximum atomic E-state index is 12.5. The summed E-state index contributed by atoms with van der Waals surface area (Å²) in [5.74, 6) is -1.09. The van der Waals surface area contributed by atoms with Crippen molar-refractivity contribution in [1.29, 1.82) is 0 Å². The van der Waals surface area contributed by atoms with E-state index in [9.17, 15) is 19.5 Å². The van der Waals surface area contributed by atoms with Crippen LogP contribution in [0.4, 0.5) is 0 Å². The molecule has 0 aliphatic heterocycles. The molecule has 0 fully saturated rings. The van der Waals surface area contributed by atoms with Crippen LogP contribution >= 0.6 is 11.8 Å². The zero-order valence-corrected chi connectivity index (χ0v) is 16.8. The van der Waals surface area contributed by atoms with Crippen LogP contribution in [0.1, 0.15) is 46.0 Å². The molecule has 0 radical (unpaired) electrons. The van der Waals surface area contributed by atoms with E-state index >= 15 is 0 Å². The van der Waals surface area contributed by atoms with Gasteiger partial charge in [0.1, 0.15) is 12.1 Å². The summed E-state index contributed by atoms with van der Waals surface area (Å²) in [6.07, 6.45) is 4.44. The molecule has 0 aromatic rings. The lowest BCUT2D eigenvalue weighted by Gasteiger charge is -2.24. The first-order valence-electron chi connectivity index (χ1n) is 9.01. The monoisotopic (exact) mass is 390 g/mol. The Kier molecular flexibility index (Phi) is 13.1. The Morgan fingerprint density at radius 1 is 1.04 bits per heavy atom. The number of nitrogens with two attached hydrogens (primary N) is 2. The largest absolute Gasteiger partial charge is 0.480 e. The summed E-state index contributed by atoms with van der Waals surface area (Å²) in [5.41, 5.74) is 11.3. The van der Waals surface area contributed by atoms with Crippen molar-refractivity contribution in [2.24, 2.45) is 17.4 Å². The second-order valence-electron chi connectivity index (χ2n) is 6.76. The third-order valence-electron chi connectivity index (χ3n) is 3.87. The number of rotatable bonds is 14. The van der Waals surface area contributed by atoms with Gasteiger partial charge in [-0.2, -0.15) is 11.8 Å². The highest BCUT2D eigenvalue weighted by Gasteiger charge is 2.28. The van der Waals surface area contributed by atoms with Gasteiger partial charge in [-0.3, -0.25) is 9.59 Å². The third-order valence-corrected chi connectivity index (χ3v) is 4.52. The zero-order chi connectivity index (χ0) is 20.1. The van der Waals surface area contributed by atoms with Crippen LogP contribution < -0.4 is 22.1 Å². The fourth-order valence-electron chi connectivity index (χ4n) is 2.38. The first-order valence-corrected chi connectivity index (χ1v) is 10.4. The fraction of sp³-hybridized carbons (Fsp3) is 0.824. The van der Waals surface area contributed by atoms with Crippen molar-refractivity contribution in [2.75, 3.05) is 18.6 Å². The first-order chi connectivity index (χ1) is 12.2. The van der Waals surface area contributed by atoms with Crippen LogP contribution in [-0.2, 0) is 14.4 Å². The maximum Gasteiger partial charge on any atom is 0.326 e. The molecule has 26 heavy (non-hydrogen) atoms. The molecule has 3 atom stereocenters. The van der Waals surface area contributed by atoms with E-state index in [0.29, 0.717) is 38.6 Å². The van der Waals surface area contributed by atoms with Gasteiger partial charge in [0.25, 0.3) is 0 Å². The van der Waals surface area contributed by atoms with E-state index in [1.165, 1.54) is 0 Å². The van der Waals surface area contributed by atoms with E-state index in [0.717, 1.165) is 5.75 Å². The van der Waals surface area contributed by atoms with Gasteiger partial charge >= 0.3 is 5.97 Å². The second kappa shape index (κ2) is 13.8. The lowest BCUT2D eigenvalue weighted by Crippen LogP contribution is -2.54. The highest BCUT2D eigenvalue weighted by atomic mass is 32.2. The van der Waals surface area contributed by atoms with Crippen LogP contribution in [0.5, 0.6) is 0 Å². The van der Waals surface area contributed by atoms with E-state index in [1.807, 2.05) is 20.1 Å². The van der Waals surface area contributed by atoms with Crippen molar-refractivity contribution in [3.8, 4) is 0 Å². The molecule has 0 aliphatic carbocycles.